The fourth-order valence-electron chi connectivity index (χ4n) is 2.29. The van der Waals surface area contributed by atoms with E-state index in [9.17, 15) is 0 Å². The van der Waals surface area contributed by atoms with Crippen molar-refractivity contribution in [2.75, 3.05) is 0 Å². The van der Waals surface area contributed by atoms with Crippen molar-refractivity contribution in [3.8, 4) is 0 Å². The molecule has 0 aliphatic heterocycles. The number of hydrogen-bond acceptors (Lipinski definition) is 0. The molecule has 0 spiro atoms. The van der Waals surface area contributed by atoms with E-state index >= 15 is 0 Å². The van der Waals surface area contributed by atoms with Gasteiger partial charge in [0.15, 0.2) is 0 Å². The molecule has 0 amide bonds. The van der Waals surface area contributed by atoms with Crippen LogP contribution in [0.4, 0.5) is 0 Å². The van der Waals surface area contributed by atoms with E-state index < -0.39 is 14.1 Å². The van der Waals surface area contributed by atoms with Gasteiger partial charge in [0, 0.05) is 26.2 Å². The summed E-state index contributed by atoms with van der Waals surface area (Å²) in [5.74, 6) is 2.78. The molecule has 0 fully saturated rings. The average Bonchev–Trinajstić information content (AvgIpc) is 1.80. The van der Waals surface area contributed by atoms with Crippen LogP contribution in [0.1, 0.15) is 41.5 Å². The van der Waals surface area contributed by atoms with Crippen LogP contribution >= 0.6 is 0 Å². The molecule has 0 aliphatic carbocycles. The van der Waals surface area contributed by atoms with E-state index in [2.05, 4.69) is 41.5 Å². The molecule has 0 radical (unpaired) electrons. The van der Waals surface area contributed by atoms with E-state index in [0.717, 1.165) is 17.8 Å². The molecule has 14 heavy (non-hydrogen) atoms. The van der Waals surface area contributed by atoms with Crippen molar-refractivity contribution >= 4 is 14.1 Å². The predicted octanol–water partition coefficient (Wildman–Crippen LogP) is 4.45. The molecule has 0 aromatic heterocycles. The quantitative estimate of drug-likeness (QED) is 0.634. The predicted molar refractivity (Wildman–Crippen MR) is 64.7 cm³/mol. The second kappa shape index (κ2) is 9.63. The summed E-state index contributed by atoms with van der Waals surface area (Å²) in [6.07, 6.45) is 0. The zero-order chi connectivity index (χ0) is 10.4. The van der Waals surface area contributed by atoms with E-state index in [0.29, 0.717) is 0 Å². The van der Waals surface area contributed by atoms with E-state index in [-0.39, 0.29) is 26.2 Å². The van der Waals surface area contributed by atoms with Gasteiger partial charge in [-0.2, -0.15) is 0 Å². The van der Waals surface area contributed by atoms with E-state index in [4.69, 9.17) is 0 Å². The van der Waals surface area contributed by atoms with Crippen molar-refractivity contribution in [1.29, 1.82) is 0 Å². The molecule has 0 aromatic rings. The monoisotopic (exact) mass is 288 g/mol. The maximum absolute atomic E-state index is 2.38. The van der Waals surface area contributed by atoms with Gasteiger partial charge in [0.05, 0.1) is 0 Å². The van der Waals surface area contributed by atoms with Crippen LogP contribution in [-0.2, 0) is 26.2 Å². The third-order valence-corrected chi connectivity index (χ3v) is 7.24. The first-order valence-electron chi connectivity index (χ1n) is 5.91. The standard InChI is InChI=1S/3C4H9.Al.Zr/c3*1-4(2)3;;/h3*4H,1H2,2-3H3;;. The van der Waals surface area contributed by atoms with Gasteiger partial charge in [-0.1, -0.05) is 75.1 Å². The molecule has 0 nitrogen and oxygen atoms in total. The summed E-state index contributed by atoms with van der Waals surface area (Å²) in [4.78, 5) is 0. The second-order valence-electron chi connectivity index (χ2n) is 5.75. The zero-order valence-electron chi connectivity index (χ0n) is 10.9. The summed E-state index contributed by atoms with van der Waals surface area (Å²) in [6.45, 7) is 14.3. The first-order valence-corrected chi connectivity index (χ1v) is 8.36. The van der Waals surface area contributed by atoms with Crippen LogP contribution in [0, 0.1) is 17.8 Å². The molecule has 0 N–H and O–H groups in total. The fourth-order valence-corrected chi connectivity index (χ4v) is 6.87. The van der Waals surface area contributed by atoms with Crippen LogP contribution in [0.2, 0.25) is 15.8 Å². The van der Waals surface area contributed by atoms with Gasteiger partial charge in [0.1, 0.15) is 0 Å². The Bertz CT molecular complexity index is 97.7. The molecule has 0 saturated heterocycles. The van der Waals surface area contributed by atoms with Crippen molar-refractivity contribution in [2.24, 2.45) is 17.8 Å². The Balaban J connectivity index is 0. The second-order valence-corrected chi connectivity index (χ2v) is 8.90. The van der Waals surface area contributed by atoms with Crippen LogP contribution in [0.3, 0.4) is 0 Å². The number of rotatable bonds is 6. The molecule has 0 rings (SSSR count). The van der Waals surface area contributed by atoms with Crippen molar-refractivity contribution in [2.45, 2.75) is 57.4 Å². The fraction of sp³-hybridized carbons (Fsp3) is 1.00. The molecule has 0 bridgehead atoms. The Labute approximate surface area is 115 Å². The summed E-state index contributed by atoms with van der Waals surface area (Å²) >= 11 is -0.407. The van der Waals surface area contributed by atoms with Crippen LogP contribution in [0.5, 0.6) is 0 Å². The maximum Gasteiger partial charge on any atom is 0.262 e. The summed E-state index contributed by atoms with van der Waals surface area (Å²) in [6, 6.07) is 0. The zero-order valence-corrected chi connectivity index (χ0v) is 14.5. The van der Waals surface area contributed by atoms with Gasteiger partial charge in [-0.15, -0.1) is 0 Å². The third kappa shape index (κ3) is 11.5. The first-order chi connectivity index (χ1) is 5.91. The van der Waals surface area contributed by atoms with Crippen molar-refractivity contribution < 1.29 is 26.2 Å². The van der Waals surface area contributed by atoms with Crippen molar-refractivity contribution in [3.63, 3.8) is 0 Å². The Morgan fingerprint density at radius 1 is 0.643 bits per heavy atom. The third-order valence-electron chi connectivity index (χ3n) is 2.41. The van der Waals surface area contributed by atoms with Crippen molar-refractivity contribution in [3.05, 3.63) is 0 Å². The largest absolute Gasteiger partial charge is 0.262 e. The van der Waals surface area contributed by atoms with Gasteiger partial charge in [-0.25, -0.2) is 0 Å². The van der Waals surface area contributed by atoms with Crippen molar-refractivity contribution in [1.82, 2.24) is 0 Å². The molecule has 0 saturated carbocycles. The average molecular weight is 290 g/mol. The van der Waals surface area contributed by atoms with Crippen LogP contribution in [-0.4, -0.2) is 14.1 Å². The molecule has 82 valence electrons. The minimum atomic E-state index is -0.407. The molecule has 0 heterocycles. The summed E-state index contributed by atoms with van der Waals surface area (Å²) < 4.78 is 0. The Hall–Kier alpha value is 1.42. The SMILES string of the molecule is CC(C)[CH2][Al]([CH2]C(C)C)[CH2]C(C)C.[Zr]. The van der Waals surface area contributed by atoms with Gasteiger partial charge in [0.2, 0.25) is 0 Å². The van der Waals surface area contributed by atoms with E-state index in [1.165, 1.54) is 0 Å². The maximum atomic E-state index is 2.38. The van der Waals surface area contributed by atoms with E-state index in [1.807, 2.05) is 0 Å². The molecule has 2 heteroatoms. The van der Waals surface area contributed by atoms with Crippen LogP contribution in [0.15, 0.2) is 0 Å². The molecular formula is C12H27AlZr. The molecule has 0 aliphatic rings. The topological polar surface area (TPSA) is 0 Å². The minimum Gasteiger partial charge on any atom is -0.0915 e. The van der Waals surface area contributed by atoms with Gasteiger partial charge < -0.3 is 0 Å². The van der Waals surface area contributed by atoms with Crippen LogP contribution < -0.4 is 0 Å². The summed E-state index contributed by atoms with van der Waals surface area (Å²) in [7, 11) is 0. The Morgan fingerprint density at radius 2 is 0.857 bits per heavy atom. The van der Waals surface area contributed by atoms with E-state index in [1.54, 1.807) is 15.8 Å². The Kier molecular flexibility index (Phi) is 12.2. The molecular weight excluding hydrogens is 262 g/mol. The van der Waals surface area contributed by atoms with Gasteiger partial charge in [-0.05, 0) is 0 Å². The molecule has 0 unspecified atom stereocenters. The smallest absolute Gasteiger partial charge is 0.0915 e. The van der Waals surface area contributed by atoms with Gasteiger partial charge >= 0.3 is 0 Å². The number of hydrogen-bond donors (Lipinski definition) is 0. The summed E-state index contributed by atoms with van der Waals surface area (Å²) in [5, 5.41) is 4.66. The minimum absolute atomic E-state index is 0. The normalized spacial score (nSPS) is 10.9. The molecule has 0 aromatic carbocycles. The van der Waals surface area contributed by atoms with Crippen LogP contribution in [0.25, 0.3) is 0 Å². The first kappa shape index (κ1) is 17.8. The Morgan fingerprint density at radius 3 is 1.00 bits per heavy atom. The molecule has 0 atom stereocenters. The summed E-state index contributed by atoms with van der Waals surface area (Å²) in [5.41, 5.74) is 0. The van der Waals surface area contributed by atoms with Gasteiger partial charge in [-0.3, -0.25) is 0 Å². The van der Waals surface area contributed by atoms with Gasteiger partial charge in [0.25, 0.3) is 14.1 Å².